The van der Waals surface area contributed by atoms with Gasteiger partial charge in [-0.2, -0.15) is 5.26 Å². The van der Waals surface area contributed by atoms with Crippen molar-refractivity contribution < 1.29 is 19.0 Å². The lowest BCUT2D eigenvalue weighted by atomic mass is 9.86. The second-order valence-electron chi connectivity index (χ2n) is 8.85. The molecular formula is C31H26N2O4. The van der Waals surface area contributed by atoms with Crippen LogP contribution in [0, 0.1) is 11.3 Å². The molecule has 184 valence electrons. The zero-order valence-corrected chi connectivity index (χ0v) is 20.8. The van der Waals surface area contributed by atoms with Crippen molar-refractivity contribution in [2.24, 2.45) is 0 Å². The number of nitrogens with zero attached hydrogens (tertiary/aromatic N) is 2. The molecule has 6 heteroatoms. The summed E-state index contributed by atoms with van der Waals surface area (Å²) in [6.07, 6.45) is 4.61. The van der Waals surface area contributed by atoms with Gasteiger partial charge in [0.2, 0.25) is 0 Å². The molecule has 1 aliphatic rings. The lowest BCUT2D eigenvalue weighted by Crippen LogP contribution is -2.15. The third-order valence-corrected chi connectivity index (χ3v) is 6.58. The van der Waals surface area contributed by atoms with E-state index in [0.717, 1.165) is 58.1 Å². The summed E-state index contributed by atoms with van der Waals surface area (Å²) in [7, 11) is 3.23. The summed E-state index contributed by atoms with van der Waals surface area (Å²) in [6, 6.07) is 22.6. The molecule has 1 aliphatic carbocycles. The van der Waals surface area contributed by atoms with Gasteiger partial charge in [0.1, 0.15) is 6.61 Å². The first-order valence-corrected chi connectivity index (χ1v) is 12.1. The Hall–Kier alpha value is -4.63. The lowest BCUT2D eigenvalue weighted by molar-refractivity contribution is 0.0473. The fourth-order valence-electron chi connectivity index (χ4n) is 4.75. The van der Waals surface area contributed by atoms with Gasteiger partial charge in [-0.25, -0.2) is 9.78 Å². The Kier molecular flexibility index (Phi) is 6.87. The molecule has 0 spiro atoms. The standard InChI is InChI=1S/C31H26N2O4/c1-35-27-15-14-22(17-28(27)36-2)16-23-6-5-8-25-29(24-7-3-4-9-26(24)33-30(23)25)31(34)37-19-21-12-10-20(18-32)11-13-21/h3-4,7,9-17H,5-6,8,19H2,1-2H3. The van der Waals surface area contributed by atoms with Crippen molar-refractivity contribution in [1.29, 1.82) is 5.26 Å². The van der Waals surface area contributed by atoms with E-state index >= 15 is 0 Å². The third-order valence-electron chi connectivity index (χ3n) is 6.58. The Morgan fingerprint density at radius 2 is 1.78 bits per heavy atom. The van der Waals surface area contributed by atoms with Crippen molar-refractivity contribution in [3.63, 3.8) is 0 Å². The van der Waals surface area contributed by atoms with E-state index in [4.69, 9.17) is 24.5 Å². The van der Waals surface area contributed by atoms with E-state index in [1.165, 1.54) is 0 Å². The van der Waals surface area contributed by atoms with E-state index in [0.29, 0.717) is 22.6 Å². The number of hydrogen-bond donors (Lipinski definition) is 0. The molecule has 0 atom stereocenters. The lowest BCUT2D eigenvalue weighted by Gasteiger charge is -2.22. The van der Waals surface area contributed by atoms with Crippen LogP contribution in [0.25, 0.3) is 22.6 Å². The molecule has 1 aromatic heterocycles. The van der Waals surface area contributed by atoms with Gasteiger partial charge >= 0.3 is 5.97 Å². The second-order valence-corrected chi connectivity index (χ2v) is 8.85. The van der Waals surface area contributed by atoms with Gasteiger partial charge < -0.3 is 14.2 Å². The van der Waals surface area contributed by atoms with Crippen LogP contribution in [0.15, 0.2) is 66.7 Å². The number of hydrogen-bond acceptors (Lipinski definition) is 6. The second kappa shape index (κ2) is 10.5. The van der Waals surface area contributed by atoms with Crippen molar-refractivity contribution >= 4 is 28.5 Å². The predicted octanol–water partition coefficient (Wildman–Crippen LogP) is 6.36. The fourth-order valence-corrected chi connectivity index (χ4v) is 4.75. The smallest absolute Gasteiger partial charge is 0.339 e. The molecule has 0 N–H and O–H groups in total. The minimum atomic E-state index is -0.369. The van der Waals surface area contributed by atoms with Gasteiger partial charge in [-0.15, -0.1) is 0 Å². The van der Waals surface area contributed by atoms with E-state index < -0.39 is 0 Å². The largest absolute Gasteiger partial charge is 0.493 e. The molecule has 6 nitrogen and oxygen atoms in total. The topological polar surface area (TPSA) is 81.4 Å². The van der Waals surface area contributed by atoms with Crippen LogP contribution in [0.5, 0.6) is 11.5 Å². The van der Waals surface area contributed by atoms with Crippen LogP contribution in [-0.4, -0.2) is 25.2 Å². The number of carbonyl (C=O) groups excluding carboxylic acids is 1. The first-order valence-electron chi connectivity index (χ1n) is 12.1. The van der Waals surface area contributed by atoms with Crippen molar-refractivity contribution in [2.45, 2.75) is 25.9 Å². The zero-order valence-electron chi connectivity index (χ0n) is 20.8. The summed E-state index contributed by atoms with van der Waals surface area (Å²) in [6.45, 7) is 0.129. The molecule has 0 bridgehead atoms. The van der Waals surface area contributed by atoms with Crippen LogP contribution in [-0.2, 0) is 17.8 Å². The SMILES string of the molecule is COc1ccc(C=C2CCCc3c2nc2ccccc2c3C(=O)OCc2ccc(C#N)cc2)cc1OC. The van der Waals surface area contributed by atoms with Gasteiger partial charge in [-0.3, -0.25) is 0 Å². The average Bonchev–Trinajstić information content (AvgIpc) is 2.95. The number of benzene rings is 3. The monoisotopic (exact) mass is 490 g/mol. The van der Waals surface area contributed by atoms with Gasteiger partial charge in [-0.1, -0.05) is 36.4 Å². The normalized spacial score (nSPS) is 13.6. The number of para-hydroxylation sites is 1. The molecule has 0 fully saturated rings. The van der Waals surface area contributed by atoms with Crippen LogP contribution in [0.1, 0.15) is 51.1 Å². The number of esters is 1. The summed E-state index contributed by atoms with van der Waals surface area (Å²) in [5.41, 5.74) is 6.53. The van der Waals surface area contributed by atoms with Crippen molar-refractivity contribution in [3.8, 4) is 17.6 Å². The minimum absolute atomic E-state index is 0.129. The molecule has 0 aliphatic heterocycles. The number of nitriles is 1. The van der Waals surface area contributed by atoms with E-state index in [-0.39, 0.29) is 12.6 Å². The highest BCUT2D eigenvalue weighted by atomic mass is 16.5. The number of allylic oxidation sites excluding steroid dienone is 1. The minimum Gasteiger partial charge on any atom is -0.493 e. The highest BCUT2D eigenvalue weighted by Crippen LogP contribution is 2.37. The summed E-state index contributed by atoms with van der Waals surface area (Å²) in [5.74, 6) is 0.961. The molecule has 37 heavy (non-hydrogen) atoms. The van der Waals surface area contributed by atoms with Gasteiger partial charge in [-0.05, 0) is 77.9 Å². The Bertz CT molecular complexity index is 1550. The maximum absolute atomic E-state index is 13.5. The molecule has 0 unspecified atom stereocenters. The number of pyridine rings is 1. The number of aromatic nitrogens is 1. The van der Waals surface area contributed by atoms with E-state index in [2.05, 4.69) is 12.1 Å². The molecular weight excluding hydrogens is 464 g/mol. The summed E-state index contributed by atoms with van der Waals surface area (Å²) >= 11 is 0. The number of fused-ring (bicyclic) bond motifs is 2. The average molecular weight is 491 g/mol. The third kappa shape index (κ3) is 4.89. The molecule has 0 saturated heterocycles. The molecule has 5 rings (SSSR count). The Balaban J connectivity index is 1.54. The highest BCUT2D eigenvalue weighted by molar-refractivity contribution is 6.06. The maximum Gasteiger partial charge on any atom is 0.339 e. The van der Waals surface area contributed by atoms with Crippen LogP contribution in [0.3, 0.4) is 0 Å². The van der Waals surface area contributed by atoms with Crippen molar-refractivity contribution in [1.82, 2.24) is 4.98 Å². The number of carbonyl (C=O) groups is 1. The molecule has 4 aromatic rings. The Labute approximate surface area is 215 Å². The zero-order chi connectivity index (χ0) is 25.8. The first kappa shape index (κ1) is 24.1. The van der Waals surface area contributed by atoms with Gasteiger partial charge in [0.05, 0.1) is 42.6 Å². The van der Waals surface area contributed by atoms with E-state index in [1.807, 2.05) is 42.5 Å². The van der Waals surface area contributed by atoms with Crippen LogP contribution >= 0.6 is 0 Å². The predicted molar refractivity (Wildman–Crippen MR) is 142 cm³/mol. The quantitative estimate of drug-likeness (QED) is 0.293. The molecule has 0 amide bonds. The maximum atomic E-state index is 13.5. The number of ether oxygens (including phenoxy) is 3. The number of methoxy groups -OCH3 is 2. The molecule has 1 heterocycles. The van der Waals surface area contributed by atoms with E-state index in [1.54, 1.807) is 38.5 Å². The Morgan fingerprint density at radius 3 is 2.54 bits per heavy atom. The van der Waals surface area contributed by atoms with Gasteiger partial charge in [0.25, 0.3) is 0 Å². The Morgan fingerprint density at radius 1 is 1.00 bits per heavy atom. The molecule has 3 aromatic carbocycles. The van der Waals surface area contributed by atoms with Crippen LogP contribution in [0.4, 0.5) is 0 Å². The summed E-state index contributed by atoms with van der Waals surface area (Å²) in [4.78, 5) is 18.5. The number of rotatable bonds is 6. The van der Waals surface area contributed by atoms with Crippen molar-refractivity contribution in [2.75, 3.05) is 14.2 Å². The summed E-state index contributed by atoms with van der Waals surface area (Å²) in [5, 5.41) is 9.81. The fraction of sp³-hybridized carbons (Fsp3) is 0.194. The van der Waals surface area contributed by atoms with Crippen molar-refractivity contribution in [3.05, 3.63) is 100 Å². The van der Waals surface area contributed by atoms with E-state index in [9.17, 15) is 4.79 Å². The summed E-state index contributed by atoms with van der Waals surface area (Å²) < 4.78 is 16.6. The van der Waals surface area contributed by atoms with Gasteiger partial charge in [0, 0.05) is 5.39 Å². The van der Waals surface area contributed by atoms with Gasteiger partial charge in [0.15, 0.2) is 11.5 Å². The molecule has 0 saturated carbocycles. The van der Waals surface area contributed by atoms with Crippen LogP contribution < -0.4 is 9.47 Å². The highest BCUT2D eigenvalue weighted by Gasteiger charge is 2.26. The van der Waals surface area contributed by atoms with Crippen LogP contribution in [0.2, 0.25) is 0 Å². The first-order chi connectivity index (χ1) is 18.1. The molecule has 0 radical (unpaired) electrons.